The predicted molar refractivity (Wildman–Crippen MR) is 71.9 cm³/mol. The van der Waals surface area contributed by atoms with Crippen LogP contribution in [0.5, 0.6) is 5.75 Å². The van der Waals surface area contributed by atoms with Crippen molar-refractivity contribution in [2.45, 2.75) is 32.0 Å². The van der Waals surface area contributed by atoms with Crippen molar-refractivity contribution in [2.75, 3.05) is 14.2 Å². The molecular formula is C14H21NO4. The van der Waals surface area contributed by atoms with E-state index in [4.69, 9.17) is 4.74 Å². The van der Waals surface area contributed by atoms with Crippen molar-refractivity contribution in [3.63, 3.8) is 0 Å². The second-order valence-electron chi connectivity index (χ2n) is 4.37. The number of carbonyl (C=O) groups excluding carboxylic acids is 1. The van der Waals surface area contributed by atoms with Crippen molar-refractivity contribution < 1.29 is 19.4 Å². The second-order valence-corrected chi connectivity index (χ2v) is 4.37. The molecule has 5 heteroatoms. The molecule has 0 unspecified atom stereocenters. The Bertz CT molecular complexity index is 391. The summed E-state index contributed by atoms with van der Waals surface area (Å²) >= 11 is 0. The Morgan fingerprint density at radius 2 is 1.95 bits per heavy atom. The summed E-state index contributed by atoms with van der Waals surface area (Å²) in [6.07, 6.45) is -0.765. The van der Waals surface area contributed by atoms with Gasteiger partial charge in [0.25, 0.3) is 0 Å². The average molecular weight is 267 g/mol. The lowest BCUT2D eigenvalue weighted by Gasteiger charge is -2.19. The number of esters is 1. The number of aliphatic hydroxyl groups excluding tert-OH is 1. The quantitative estimate of drug-likeness (QED) is 0.724. The van der Waals surface area contributed by atoms with E-state index < -0.39 is 12.1 Å². The molecule has 0 aliphatic heterocycles. The van der Waals surface area contributed by atoms with Crippen molar-refractivity contribution in [1.82, 2.24) is 5.32 Å². The van der Waals surface area contributed by atoms with Gasteiger partial charge in [-0.25, -0.2) is 0 Å². The van der Waals surface area contributed by atoms with Crippen molar-refractivity contribution in [2.24, 2.45) is 0 Å². The van der Waals surface area contributed by atoms with Crippen LogP contribution in [0.3, 0.4) is 0 Å². The van der Waals surface area contributed by atoms with Crippen LogP contribution in [0.25, 0.3) is 0 Å². The zero-order valence-electron chi connectivity index (χ0n) is 11.6. The maximum absolute atomic E-state index is 11.0. The smallest absolute Gasteiger partial charge is 0.308 e. The van der Waals surface area contributed by atoms with E-state index in [2.05, 4.69) is 10.1 Å². The summed E-state index contributed by atoms with van der Waals surface area (Å²) in [6.45, 7) is 2.44. The first-order valence-corrected chi connectivity index (χ1v) is 6.18. The molecule has 0 radical (unpaired) electrons. The van der Waals surface area contributed by atoms with Gasteiger partial charge in [0.05, 0.1) is 26.7 Å². The third kappa shape index (κ3) is 5.28. The fourth-order valence-electron chi connectivity index (χ4n) is 1.59. The zero-order valence-corrected chi connectivity index (χ0v) is 11.6. The third-order valence-corrected chi connectivity index (χ3v) is 2.97. The van der Waals surface area contributed by atoms with E-state index in [0.717, 1.165) is 11.3 Å². The number of ether oxygens (including phenoxy) is 2. The predicted octanol–water partition coefficient (Wildman–Crippen LogP) is 1.10. The number of carbonyl (C=O) groups is 1. The van der Waals surface area contributed by atoms with Crippen LogP contribution in [0.2, 0.25) is 0 Å². The Labute approximate surface area is 113 Å². The summed E-state index contributed by atoms with van der Waals surface area (Å²) in [5.41, 5.74) is 1.08. The van der Waals surface area contributed by atoms with E-state index >= 15 is 0 Å². The molecule has 0 spiro atoms. The molecule has 106 valence electrons. The minimum Gasteiger partial charge on any atom is -0.497 e. The fraction of sp³-hybridized carbons (Fsp3) is 0.500. The Hall–Kier alpha value is -1.59. The number of benzene rings is 1. The molecule has 19 heavy (non-hydrogen) atoms. The Kier molecular flexibility index (Phi) is 6.32. The molecule has 0 saturated carbocycles. The molecule has 1 rings (SSSR count). The second kappa shape index (κ2) is 7.76. The largest absolute Gasteiger partial charge is 0.497 e. The van der Waals surface area contributed by atoms with Crippen LogP contribution in [0.4, 0.5) is 0 Å². The van der Waals surface area contributed by atoms with Crippen LogP contribution >= 0.6 is 0 Å². The highest BCUT2D eigenvalue weighted by Crippen LogP contribution is 2.11. The van der Waals surface area contributed by atoms with Gasteiger partial charge in [-0.05, 0) is 24.6 Å². The van der Waals surface area contributed by atoms with Gasteiger partial charge in [0, 0.05) is 12.6 Å². The molecule has 0 saturated heterocycles. The molecular weight excluding hydrogens is 246 g/mol. The Morgan fingerprint density at radius 3 is 2.47 bits per heavy atom. The Balaban J connectivity index is 2.40. The van der Waals surface area contributed by atoms with Crippen molar-refractivity contribution in [3.05, 3.63) is 29.8 Å². The van der Waals surface area contributed by atoms with Gasteiger partial charge < -0.3 is 19.9 Å². The van der Waals surface area contributed by atoms with Crippen LogP contribution < -0.4 is 10.1 Å². The third-order valence-electron chi connectivity index (χ3n) is 2.97. The van der Waals surface area contributed by atoms with E-state index in [1.165, 1.54) is 7.11 Å². The first kappa shape index (κ1) is 15.5. The van der Waals surface area contributed by atoms with Crippen LogP contribution in [-0.2, 0) is 16.1 Å². The lowest BCUT2D eigenvalue weighted by atomic mass is 10.1. The molecule has 0 fully saturated rings. The zero-order chi connectivity index (χ0) is 14.3. The standard InChI is InChI=1S/C14H21NO4/c1-10(13(16)8-14(17)19-3)15-9-11-4-6-12(18-2)7-5-11/h4-7,10,13,15-16H,8-9H2,1-3H3/t10-,13-/m0/s1. The van der Waals surface area contributed by atoms with Crippen LogP contribution in [0, 0.1) is 0 Å². The molecule has 2 atom stereocenters. The highest BCUT2D eigenvalue weighted by atomic mass is 16.5. The van der Waals surface area contributed by atoms with E-state index in [1.54, 1.807) is 7.11 Å². The Morgan fingerprint density at radius 1 is 1.32 bits per heavy atom. The lowest BCUT2D eigenvalue weighted by molar-refractivity contribution is -0.143. The number of rotatable bonds is 7. The van der Waals surface area contributed by atoms with Crippen LogP contribution in [-0.4, -0.2) is 37.4 Å². The summed E-state index contributed by atoms with van der Waals surface area (Å²) in [5, 5.41) is 13.0. The normalized spacial score (nSPS) is 13.7. The van der Waals surface area contributed by atoms with Gasteiger partial charge in [-0.2, -0.15) is 0 Å². The highest BCUT2D eigenvalue weighted by Gasteiger charge is 2.17. The van der Waals surface area contributed by atoms with Gasteiger partial charge >= 0.3 is 5.97 Å². The number of aliphatic hydroxyl groups is 1. The molecule has 2 N–H and O–H groups in total. The van der Waals surface area contributed by atoms with E-state index in [0.29, 0.717) is 6.54 Å². The van der Waals surface area contributed by atoms with E-state index in [-0.39, 0.29) is 12.5 Å². The van der Waals surface area contributed by atoms with Gasteiger partial charge in [0.1, 0.15) is 5.75 Å². The summed E-state index contributed by atoms with van der Waals surface area (Å²) in [6, 6.07) is 7.47. The van der Waals surface area contributed by atoms with E-state index in [1.807, 2.05) is 31.2 Å². The van der Waals surface area contributed by atoms with Crippen molar-refractivity contribution in [3.8, 4) is 5.75 Å². The SMILES string of the molecule is COC(=O)C[C@H](O)[C@H](C)NCc1ccc(OC)cc1. The average Bonchev–Trinajstić information content (AvgIpc) is 2.44. The van der Waals surface area contributed by atoms with Crippen molar-refractivity contribution in [1.29, 1.82) is 0 Å². The number of hydrogen-bond donors (Lipinski definition) is 2. The van der Waals surface area contributed by atoms with Gasteiger partial charge in [-0.3, -0.25) is 4.79 Å². The minimum absolute atomic E-state index is 0.00667. The molecule has 0 aliphatic rings. The van der Waals surface area contributed by atoms with Crippen molar-refractivity contribution >= 4 is 5.97 Å². The van der Waals surface area contributed by atoms with Gasteiger partial charge in [0.15, 0.2) is 0 Å². The molecule has 1 aromatic carbocycles. The van der Waals surface area contributed by atoms with Gasteiger partial charge in [-0.15, -0.1) is 0 Å². The summed E-state index contributed by atoms with van der Waals surface area (Å²) < 4.78 is 9.60. The van der Waals surface area contributed by atoms with Crippen LogP contribution in [0.1, 0.15) is 18.9 Å². The molecule has 0 amide bonds. The van der Waals surface area contributed by atoms with Crippen LogP contribution in [0.15, 0.2) is 24.3 Å². The first-order chi connectivity index (χ1) is 9.06. The number of hydrogen-bond acceptors (Lipinski definition) is 5. The minimum atomic E-state index is -0.759. The monoisotopic (exact) mass is 267 g/mol. The lowest BCUT2D eigenvalue weighted by Crippen LogP contribution is -2.38. The molecule has 0 aromatic heterocycles. The van der Waals surface area contributed by atoms with Gasteiger partial charge in [-0.1, -0.05) is 12.1 Å². The maximum Gasteiger partial charge on any atom is 0.308 e. The number of methoxy groups -OCH3 is 2. The maximum atomic E-state index is 11.0. The highest BCUT2D eigenvalue weighted by molar-refractivity contribution is 5.69. The van der Waals surface area contributed by atoms with Gasteiger partial charge in [0.2, 0.25) is 0 Å². The summed E-state index contributed by atoms with van der Waals surface area (Å²) in [4.78, 5) is 11.0. The summed E-state index contributed by atoms with van der Waals surface area (Å²) in [5.74, 6) is 0.396. The summed E-state index contributed by atoms with van der Waals surface area (Å²) in [7, 11) is 2.93. The number of nitrogens with one attached hydrogen (secondary N) is 1. The van der Waals surface area contributed by atoms with E-state index in [9.17, 15) is 9.90 Å². The molecule has 1 aromatic rings. The topological polar surface area (TPSA) is 67.8 Å². The molecule has 0 bridgehead atoms. The fourth-order valence-corrected chi connectivity index (χ4v) is 1.59. The molecule has 0 heterocycles. The first-order valence-electron chi connectivity index (χ1n) is 6.18. The molecule has 5 nitrogen and oxygen atoms in total. The molecule has 0 aliphatic carbocycles.